The number of benzene rings is 2. The Labute approximate surface area is 174 Å². The average molecular weight is 400 g/mol. The molecule has 1 aromatic heterocycles. The Morgan fingerprint density at radius 1 is 1.00 bits per heavy atom. The topological polar surface area (TPSA) is 79.7 Å². The van der Waals surface area contributed by atoms with Crippen LogP contribution in [0.1, 0.15) is 22.7 Å². The maximum Gasteiger partial charge on any atom is 0.301 e. The van der Waals surface area contributed by atoms with E-state index < -0.39 is 17.7 Å². The molecule has 1 saturated heterocycles. The predicted molar refractivity (Wildman–Crippen MR) is 113 cm³/mol. The number of carbonyl (C=O) groups excluding carboxylic acids is 2. The summed E-state index contributed by atoms with van der Waals surface area (Å²) < 4.78 is 5.22. The molecular formula is C24H20N2O4. The van der Waals surface area contributed by atoms with Gasteiger partial charge in [-0.3, -0.25) is 14.5 Å². The van der Waals surface area contributed by atoms with Crippen LogP contribution in [0.5, 0.6) is 5.75 Å². The summed E-state index contributed by atoms with van der Waals surface area (Å²) >= 11 is 0. The molecule has 0 spiro atoms. The fourth-order valence-electron chi connectivity index (χ4n) is 3.53. The van der Waals surface area contributed by atoms with Gasteiger partial charge >= 0.3 is 5.91 Å². The second-order valence-electron chi connectivity index (χ2n) is 7.00. The molecule has 1 unspecified atom stereocenters. The number of aromatic nitrogens is 1. The standard InChI is InChI=1S/C24H20N2O4/c1-15-6-8-17(9-7-15)22(27)20-21(16-10-12-18(30-2)13-11-16)26(24(29)23(20)28)19-5-3-4-14-25-19/h3-14,21,27H,1-2H3. The lowest BCUT2D eigenvalue weighted by atomic mass is 9.95. The number of pyridine rings is 1. The van der Waals surface area contributed by atoms with Gasteiger partial charge in [-0.1, -0.05) is 48.0 Å². The van der Waals surface area contributed by atoms with Crippen molar-refractivity contribution < 1.29 is 19.4 Å². The van der Waals surface area contributed by atoms with Crippen molar-refractivity contribution in [3.8, 4) is 5.75 Å². The van der Waals surface area contributed by atoms with Gasteiger partial charge in [-0.2, -0.15) is 0 Å². The lowest BCUT2D eigenvalue weighted by Gasteiger charge is -2.24. The molecule has 0 saturated carbocycles. The van der Waals surface area contributed by atoms with Crippen LogP contribution < -0.4 is 9.64 Å². The summed E-state index contributed by atoms with van der Waals surface area (Å²) in [6, 6.07) is 18.5. The fourth-order valence-corrected chi connectivity index (χ4v) is 3.53. The fraction of sp³-hybridized carbons (Fsp3) is 0.125. The minimum absolute atomic E-state index is 0.0275. The van der Waals surface area contributed by atoms with Crippen LogP contribution in [0.4, 0.5) is 5.82 Å². The molecule has 0 aliphatic carbocycles. The number of methoxy groups -OCH3 is 1. The Bertz CT molecular complexity index is 1120. The summed E-state index contributed by atoms with van der Waals surface area (Å²) in [4.78, 5) is 31.6. The Morgan fingerprint density at radius 2 is 1.70 bits per heavy atom. The first-order chi connectivity index (χ1) is 14.5. The van der Waals surface area contributed by atoms with E-state index in [1.54, 1.807) is 67.9 Å². The van der Waals surface area contributed by atoms with E-state index in [-0.39, 0.29) is 11.3 Å². The second-order valence-corrected chi connectivity index (χ2v) is 7.00. The largest absolute Gasteiger partial charge is 0.507 e. The number of anilines is 1. The van der Waals surface area contributed by atoms with E-state index in [4.69, 9.17) is 4.74 Å². The van der Waals surface area contributed by atoms with Crippen molar-refractivity contribution in [3.63, 3.8) is 0 Å². The van der Waals surface area contributed by atoms with Crippen LogP contribution in [0.25, 0.3) is 5.76 Å². The Balaban J connectivity index is 1.92. The van der Waals surface area contributed by atoms with Gasteiger partial charge in [0.15, 0.2) is 0 Å². The molecule has 2 heterocycles. The van der Waals surface area contributed by atoms with Gasteiger partial charge in [0, 0.05) is 11.8 Å². The highest BCUT2D eigenvalue weighted by Crippen LogP contribution is 2.41. The van der Waals surface area contributed by atoms with Crippen molar-refractivity contribution in [2.24, 2.45) is 0 Å². The van der Waals surface area contributed by atoms with E-state index in [0.29, 0.717) is 22.7 Å². The van der Waals surface area contributed by atoms with Gasteiger partial charge in [0.25, 0.3) is 5.78 Å². The summed E-state index contributed by atoms with van der Waals surface area (Å²) in [5.41, 5.74) is 2.18. The normalized spacial score (nSPS) is 17.9. The molecule has 1 aliphatic rings. The molecule has 150 valence electrons. The molecule has 1 N–H and O–H groups in total. The van der Waals surface area contributed by atoms with Crippen LogP contribution in [0.3, 0.4) is 0 Å². The maximum atomic E-state index is 13.0. The van der Waals surface area contributed by atoms with Crippen LogP contribution in [-0.4, -0.2) is 28.9 Å². The molecule has 6 heteroatoms. The average Bonchev–Trinajstić information content (AvgIpc) is 3.05. The molecule has 1 amide bonds. The zero-order valence-electron chi connectivity index (χ0n) is 16.6. The van der Waals surface area contributed by atoms with Crippen molar-refractivity contribution in [3.05, 3.63) is 95.2 Å². The van der Waals surface area contributed by atoms with E-state index in [9.17, 15) is 14.7 Å². The van der Waals surface area contributed by atoms with Crippen molar-refractivity contribution in [1.82, 2.24) is 4.98 Å². The number of nitrogens with zero attached hydrogens (tertiary/aromatic N) is 2. The molecule has 4 rings (SSSR count). The first kappa shape index (κ1) is 19.4. The molecule has 2 aromatic carbocycles. The molecule has 3 aromatic rings. The van der Waals surface area contributed by atoms with Crippen LogP contribution >= 0.6 is 0 Å². The zero-order valence-corrected chi connectivity index (χ0v) is 16.6. The van der Waals surface area contributed by atoms with Gasteiger partial charge in [-0.15, -0.1) is 0 Å². The summed E-state index contributed by atoms with van der Waals surface area (Å²) in [5.74, 6) is -0.717. The van der Waals surface area contributed by atoms with Crippen LogP contribution in [0, 0.1) is 6.92 Å². The predicted octanol–water partition coefficient (Wildman–Crippen LogP) is 4.02. The number of carbonyl (C=O) groups is 2. The summed E-state index contributed by atoms with van der Waals surface area (Å²) in [6.45, 7) is 1.93. The van der Waals surface area contributed by atoms with E-state index in [2.05, 4.69) is 4.98 Å². The van der Waals surface area contributed by atoms with Crippen LogP contribution in [0.2, 0.25) is 0 Å². The number of ketones is 1. The number of ether oxygens (including phenoxy) is 1. The zero-order chi connectivity index (χ0) is 21.3. The number of aliphatic hydroxyl groups is 1. The molecule has 30 heavy (non-hydrogen) atoms. The lowest BCUT2D eigenvalue weighted by molar-refractivity contribution is -0.132. The minimum Gasteiger partial charge on any atom is -0.507 e. The smallest absolute Gasteiger partial charge is 0.301 e. The number of Topliss-reactive ketones (excluding diaryl/α,β-unsaturated/α-hetero) is 1. The van der Waals surface area contributed by atoms with Gasteiger partial charge in [-0.05, 0) is 36.8 Å². The molecule has 6 nitrogen and oxygen atoms in total. The second kappa shape index (κ2) is 7.83. The van der Waals surface area contributed by atoms with Gasteiger partial charge in [-0.25, -0.2) is 4.98 Å². The summed E-state index contributed by atoms with van der Waals surface area (Å²) in [5, 5.41) is 11.0. The summed E-state index contributed by atoms with van der Waals surface area (Å²) in [6.07, 6.45) is 1.56. The number of hydrogen-bond acceptors (Lipinski definition) is 5. The number of hydrogen-bond donors (Lipinski definition) is 1. The van der Waals surface area contributed by atoms with Gasteiger partial charge in [0.05, 0.1) is 18.7 Å². The first-order valence-electron chi connectivity index (χ1n) is 9.44. The highest BCUT2D eigenvalue weighted by molar-refractivity contribution is 6.51. The van der Waals surface area contributed by atoms with E-state index in [1.807, 2.05) is 19.1 Å². The molecule has 1 aliphatic heterocycles. The molecule has 0 bridgehead atoms. The Morgan fingerprint density at radius 3 is 2.30 bits per heavy atom. The van der Waals surface area contributed by atoms with Gasteiger partial charge in [0.2, 0.25) is 0 Å². The minimum atomic E-state index is -0.813. The highest BCUT2D eigenvalue weighted by Gasteiger charge is 2.47. The molecule has 1 atom stereocenters. The van der Waals surface area contributed by atoms with Gasteiger partial charge in [0.1, 0.15) is 17.3 Å². The van der Waals surface area contributed by atoms with Crippen molar-refractivity contribution in [2.45, 2.75) is 13.0 Å². The van der Waals surface area contributed by atoms with E-state index in [0.717, 1.165) is 5.56 Å². The number of amides is 1. The third-order valence-electron chi connectivity index (χ3n) is 5.10. The first-order valence-corrected chi connectivity index (χ1v) is 9.44. The SMILES string of the molecule is COc1ccc(C2C(=C(O)c3ccc(C)cc3)C(=O)C(=O)N2c2ccccn2)cc1. The Kier molecular flexibility index (Phi) is 5.06. The number of rotatable bonds is 4. The number of aliphatic hydroxyl groups excluding tert-OH is 1. The van der Waals surface area contributed by atoms with Crippen molar-refractivity contribution >= 4 is 23.3 Å². The summed E-state index contributed by atoms with van der Waals surface area (Å²) in [7, 11) is 1.56. The number of aryl methyl sites for hydroxylation is 1. The third kappa shape index (κ3) is 3.33. The quantitative estimate of drug-likeness (QED) is 0.406. The van der Waals surface area contributed by atoms with Crippen LogP contribution in [0.15, 0.2) is 78.5 Å². The van der Waals surface area contributed by atoms with Crippen molar-refractivity contribution in [1.29, 1.82) is 0 Å². The lowest BCUT2D eigenvalue weighted by Crippen LogP contribution is -2.30. The maximum absolute atomic E-state index is 13.0. The van der Waals surface area contributed by atoms with E-state index in [1.165, 1.54) is 4.90 Å². The van der Waals surface area contributed by atoms with Gasteiger partial charge < -0.3 is 9.84 Å². The van der Waals surface area contributed by atoms with E-state index >= 15 is 0 Å². The molecule has 1 fully saturated rings. The third-order valence-corrected chi connectivity index (χ3v) is 5.10. The highest BCUT2D eigenvalue weighted by atomic mass is 16.5. The van der Waals surface area contributed by atoms with Crippen LogP contribution in [-0.2, 0) is 9.59 Å². The Hall–Kier alpha value is -3.93. The monoisotopic (exact) mass is 400 g/mol. The molecule has 0 radical (unpaired) electrons. The van der Waals surface area contributed by atoms with Crippen molar-refractivity contribution in [2.75, 3.05) is 12.0 Å². The molecular weight excluding hydrogens is 380 g/mol.